The number of aromatic nitrogens is 3. The lowest BCUT2D eigenvalue weighted by Crippen LogP contribution is -2.43. The topological polar surface area (TPSA) is 97.1 Å². The average molecular weight is 274 g/mol. The molecule has 0 aliphatic rings. The lowest BCUT2D eigenvalue weighted by atomic mass is 10.1. The van der Waals surface area contributed by atoms with E-state index in [4.69, 9.17) is 5.11 Å². The number of nitrogens with one attached hydrogen (secondary N) is 1. The second-order valence-electron chi connectivity index (χ2n) is 4.24. The molecule has 1 amide bonds. The molecule has 1 aromatic heterocycles. The molecule has 1 aromatic carbocycles. The van der Waals surface area contributed by atoms with Gasteiger partial charge in [0.15, 0.2) is 0 Å². The summed E-state index contributed by atoms with van der Waals surface area (Å²) in [6, 6.07) is 8.17. The summed E-state index contributed by atoms with van der Waals surface area (Å²) >= 11 is 0. The summed E-state index contributed by atoms with van der Waals surface area (Å²) in [7, 11) is 0. The van der Waals surface area contributed by atoms with Crippen LogP contribution in [0, 0.1) is 0 Å². The number of carbonyl (C=O) groups is 2. The summed E-state index contributed by atoms with van der Waals surface area (Å²) in [5, 5.41) is 15.4. The third-order valence-corrected chi connectivity index (χ3v) is 2.69. The molecule has 1 heterocycles. The number of carbonyl (C=O) groups excluding carboxylic acids is 1. The first-order valence-electron chi connectivity index (χ1n) is 6.03. The Morgan fingerprint density at radius 1 is 1.30 bits per heavy atom. The molecule has 2 aromatic rings. The van der Waals surface area contributed by atoms with Crippen molar-refractivity contribution in [3.8, 4) is 0 Å². The molecule has 0 bridgehead atoms. The Morgan fingerprint density at radius 3 is 2.65 bits per heavy atom. The van der Waals surface area contributed by atoms with Crippen LogP contribution in [0.3, 0.4) is 0 Å². The van der Waals surface area contributed by atoms with Crippen LogP contribution in [0.2, 0.25) is 0 Å². The van der Waals surface area contributed by atoms with E-state index >= 15 is 0 Å². The predicted octanol–water partition coefficient (Wildman–Crippen LogP) is 0.0902. The third kappa shape index (κ3) is 3.91. The molecule has 7 heteroatoms. The van der Waals surface area contributed by atoms with Crippen molar-refractivity contribution < 1.29 is 14.7 Å². The fraction of sp³-hybridized carbons (Fsp3) is 0.231. The van der Waals surface area contributed by atoms with E-state index in [0.29, 0.717) is 0 Å². The zero-order valence-corrected chi connectivity index (χ0v) is 10.6. The minimum atomic E-state index is -1.07. The van der Waals surface area contributed by atoms with E-state index in [9.17, 15) is 9.59 Å². The van der Waals surface area contributed by atoms with E-state index in [1.807, 2.05) is 30.3 Å². The van der Waals surface area contributed by atoms with Gasteiger partial charge in [-0.2, -0.15) is 5.10 Å². The Bertz CT molecular complexity index is 569. The van der Waals surface area contributed by atoms with Gasteiger partial charge in [0.1, 0.15) is 25.2 Å². The number of carboxylic acids is 1. The number of amides is 1. The zero-order valence-electron chi connectivity index (χ0n) is 10.6. The number of aliphatic carboxylic acids is 1. The molecule has 20 heavy (non-hydrogen) atoms. The highest BCUT2D eigenvalue weighted by atomic mass is 16.4. The van der Waals surface area contributed by atoms with E-state index in [0.717, 1.165) is 5.56 Å². The van der Waals surface area contributed by atoms with Crippen LogP contribution in [0.25, 0.3) is 0 Å². The van der Waals surface area contributed by atoms with E-state index in [2.05, 4.69) is 15.4 Å². The summed E-state index contributed by atoms with van der Waals surface area (Å²) in [5.41, 5.74) is 0.848. The summed E-state index contributed by atoms with van der Waals surface area (Å²) in [6.07, 6.45) is 2.94. The van der Waals surface area contributed by atoms with Gasteiger partial charge in [-0.25, -0.2) is 14.5 Å². The maximum Gasteiger partial charge on any atom is 0.326 e. The van der Waals surface area contributed by atoms with Gasteiger partial charge in [0.05, 0.1) is 0 Å². The van der Waals surface area contributed by atoms with Crippen LogP contribution in [0.15, 0.2) is 43.0 Å². The molecular weight excluding hydrogens is 260 g/mol. The Hall–Kier alpha value is -2.70. The maximum absolute atomic E-state index is 11.8. The molecule has 0 aliphatic heterocycles. The second kappa shape index (κ2) is 6.46. The Labute approximate surface area is 115 Å². The van der Waals surface area contributed by atoms with Crippen molar-refractivity contribution in [2.24, 2.45) is 0 Å². The fourth-order valence-electron chi connectivity index (χ4n) is 1.75. The number of carboxylic acid groups (broad SMARTS) is 1. The smallest absolute Gasteiger partial charge is 0.326 e. The number of rotatable bonds is 6. The molecular formula is C13H14N4O3. The molecule has 0 radical (unpaired) electrons. The Morgan fingerprint density at radius 2 is 2.05 bits per heavy atom. The first-order valence-corrected chi connectivity index (χ1v) is 6.03. The highest BCUT2D eigenvalue weighted by molar-refractivity contribution is 5.83. The monoisotopic (exact) mass is 274 g/mol. The lowest BCUT2D eigenvalue weighted by Gasteiger charge is -2.14. The number of nitrogens with zero attached hydrogens (tertiary/aromatic N) is 3. The van der Waals surface area contributed by atoms with Crippen molar-refractivity contribution in [2.75, 3.05) is 0 Å². The number of benzene rings is 1. The van der Waals surface area contributed by atoms with Crippen molar-refractivity contribution in [1.29, 1.82) is 0 Å². The fourth-order valence-corrected chi connectivity index (χ4v) is 1.75. The molecule has 0 fully saturated rings. The van der Waals surface area contributed by atoms with E-state index < -0.39 is 17.9 Å². The minimum Gasteiger partial charge on any atom is -0.480 e. The quantitative estimate of drug-likeness (QED) is 0.778. The Kier molecular flexibility index (Phi) is 4.43. The first kappa shape index (κ1) is 13.7. The number of hydrogen-bond acceptors (Lipinski definition) is 4. The molecule has 2 N–H and O–H groups in total. The third-order valence-electron chi connectivity index (χ3n) is 2.69. The van der Waals surface area contributed by atoms with Crippen LogP contribution in [-0.4, -0.2) is 37.8 Å². The molecule has 0 spiro atoms. The molecule has 2 rings (SSSR count). The van der Waals surface area contributed by atoms with Crippen molar-refractivity contribution >= 4 is 11.9 Å². The van der Waals surface area contributed by atoms with Crippen LogP contribution in [0.5, 0.6) is 0 Å². The van der Waals surface area contributed by atoms with Crippen LogP contribution in [0.4, 0.5) is 0 Å². The van der Waals surface area contributed by atoms with Crippen LogP contribution in [0.1, 0.15) is 5.56 Å². The normalized spacial score (nSPS) is 11.8. The lowest BCUT2D eigenvalue weighted by molar-refractivity contribution is -0.141. The van der Waals surface area contributed by atoms with Gasteiger partial charge in [0.2, 0.25) is 5.91 Å². The van der Waals surface area contributed by atoms with Gasteiger partial charge in [-0.1, -0.05) is 30.3 Å². The molecule has 0 saturated heterocycles. The maximum atomic E-state index is 11.8. The Balaban J connectivity index is 1.95. The van der Waals surface area contributed by atoms with Gasteiger partial charge in [0, 0.05) is 6.42 Å². The second-order valence-corrected chi connectivity index (χ2v) is 4.24. The molecule has 0 aliphatic carbocycles. The highest BCUT2D eigenvalue weighted by Crippen LogP contribution is 2.03. The van der Waals surface area contributed by atoms with Gasteiger partial charge >= 0.3 is 5.97 Å². The molecule has 0 unspecified atom stereocenters. The van der Waals surface area contributed by atoms with E-state index in [1.165, 1.54) is 17.3 Å². The van der Waals surface area contributed by atoms with Crippen molar-refractivity contribution in [1.82, 2.24) is 20.1 Å². The summed E-state index contributed by atoms with van der Waals surface area (Å²) in [6.45, 7) is -0.0570. The minimum absolute atomic E-state index is 0.0570. The van der Waals surface area contributed by atoms with Gasteiger partial charge < -0.3 is 10.4 Å². The average Bonchev–Trinajstić information content (AvgIpc) is 2.92. The van der Waals surface area contributed by atoms with Crippen LogP contribution >= 0.6 is 0 Å². The molecule has 0 saturated carbocycles. The number of hydrogen-bond donors (Lipinski definition) is 2. The van der Waals surface area contributed by atoms with Crippen molar-refractivity contribution in [3.63, 3.8) is 0 Å². The van der Waals surface area contributed by atoms with Gasteiger partial charge in [0.25, 0.3) is 0 Å². The molecule has 7 nitrogen and oxygen atoms in total. The highest BCUT2D eigenvalue weighted by Gasteiger charge is 2.20. The van der Waals surface area contributed by atoms with Crippen LogP contribution in [-0.2, 0) is 22.6 Å². The SMILES string of the molecule is O=C(Cn1cncn1)N[C@H](Cc1ccccc1)C(=O)O. The molecule has 1 atom stereocenters. The van der Waals surface area contributed by atoms with Gasteiger partial charge in [-0.05, 0) is 5.56 Å². The summed E-state index contributed by atoms with van der Waals surface area (Å²) in [5.74, 6) is -1.49. The van der Waals surface area contributed by atoms with Gasteiger partial charge in [-0.3, -0.25) is 4.79 Å². The summed E-state index contributed by atoms with van der Waals surface area (Å²) < 4.78 is 1.33. The zero-order chi connectivity index (χ0) is 14.4. The van der Waals surface area contributed by atoms with E-state index in [1.54, 1.807) is 0 Å². The van der Waals surface area contributed by atoms with E-state index in [-0.39, 0.29) is 13.0 Å². The first-order chi connectivity index (χ1) is 9.65. The van der Waals surface area contributed by atoms with Crippen molar-refractivity contribution in [2.45, 2.75) is 19.0 Å². The van der Waals surface area contributed by atoms with Crippen molar-refractivity contribution in [3.05, 3.63) is 48.5 Å². The van der Waals surface area contributed by atoms with Crippen LogP contribution < -0.4 is 5.32 Å². The molecule has 104 valence electrons. The van der Waals surface area contributed by atoms with Gasteiger partial charge in [-0.15, -0.1) is 0 Å². The standard InChI is InChI=1S/C13H14N4O3/c18-12(7-17-9-14-8-15-17)16-11(13(19)20)6-10-4-2-1-3-5-10/h1-5,8-9,11H,6-7H2,(H,16,18)(H,19,20)/t11-/m1/s1. The largest absolute Gasteiger partial charge is 0.480 e. The predicted molar refractivity (Wildman–Crippen MR) is 69.7 cm³/mol. The summed E-state index contributed by atoms with van der Waals surface area (Å²) in [4.78, 5) is 26.7.